The van der Waals surface area contributed by atoms with Crippen LogP contribution in [0.4, 0.5) is 0 Å². The number of aliphatic hydroxyl groups excluding tert-OH is 3. The van der Waals surface area contributed by atoms with E-state index in [-0.39, 0.29) is 12.6 Å². The molecule has 7 heteroatoms. The van der Waals surface area contributed by atoms with Crippen LogP contribution in [0.25, 0.3) is 0 Å². The molecule has 0 aliphatic carbocycles. The Labute approximate surface area is 194 Å². The molecular weight excluding hydrogens is 412 g/mol. The Bertz CT molecular complexity index is 458. The molecule has 1 fully saturated rings. The molecule has 5 atom stereocenters. The van der Waals surface area contributed by atoms with Gasteiger partial charge in [0, 0.05) is 13.5 Å². The minimum atomic E-state index is -1.41. The predicted octanol–water partition coefficient (Wildman–Crippen LogP) is 4.25. The molecule has 0 bridgehead atoms. The van der Waals surface area contributed by atoms with Crippen molar-refractivity contribution in [1.82, 2.24) is 0 Å². The first kappa shape index (κ1) is 29.3. The molecule has 3 N–H and O–H groups in total. The second-order valence-electron chi connectivity index (χ2n) is 9.13. The van der Waals surface area contributed by atoms with Gasteiger partial charge in [-0.1, -0.05) is 96.8 Å². The third-order valence-electron chi connectivity index (χ3n) is 6.29. The summed E-state index contributed by atoms with van der Waals surface area (Å²) in [5.74, 6) is -0.343. The van der Waals surface area contributed by atoms with E-state index in [0.717, 1.165) is 19.3 Å². The second-order valence-corrected chi connectivity index (χ2v) is 9.13. The largest absolute Gasteiger partial charge is 0.463 e. The minimum absolute atomic E-state index is 0.178. The molecule has 0 aromatic heterocycles. The van der Waals surface area contributed by atoms with Crippen molar-refractivity contribution in [3.63, 3.8) is 0 Å². The summed E-state index contributed by atoms with van der Waals surface area (Å²) >= 11 is 0. The number of carbonyl (C=O) groups excluding carboxylic acids is 1. The molecule has 0 saturated carbocycles. The van der Waals surface area contributed by atoms with Gasteiger partial charge in [0.25, 0.3) is 0 Å². The van der Waals surface area contributed by atoms with Gasteiger partial charge in [0.1, 0.15) is 31.0 Å². The van der Waals surface area contributed by atoms with E-state index in [1.54, 1.807) is 0 Å². The summed E-state index contributed by atoms with van der Waals surface area (Å²) in [5.41, 5.74) is 0. The molecule has 1 saturated heterocycles. The second kappa shape index (κ2) is 18.7. The van der Waals surface area contributed by atoms with Crippen molar-refractivity contribution < 1.29 is 34.3 Å². The Morgan fingerprint density at radius 1 is 0.719 bits per heavy atom. The monoisotopic (exact) mass is 460 g/mol. The summed E-state index contributed by atoms with van der Waals surface area (Å²) < 4.78 is 15.5. The first-order valence-corrected chi connectivity index (χ1v) is 12.9. The summed E-state index contributed by atoms with van der Waals surface area (Å²) in [7, 11) is 1.33. The van der Waals surface area contributed by atoms with Gasteiger partial charge in [0.15, 0.2) is 6.29 Å². The topological polar surface area (TPSA) is 105 Å². The highest BCUT2D eigenvalue weighted by Gasteiger charge is 2.44. The molecule has 0 amide bonds. The lowest BCUT2D eigenvalue weighted by Gasteiger charge is -2.39. The van der Waals surface area contributed by atoms with Gasteiger partial charge in [-0.3, -0.25) is 4.79 Å². The highest BCUT2D eigenvalue weighted by atomic mass is 16.7. The summed E-state index contributed by atoms with van der Waals surface area (Å²) in [6.07, 6.45) is 13.3. The molecule has 0 aromatic rings. The van der Waals surface area contributed by atoms with Gasteiger partial charge in [-0.25, -0.2) is 0 Å². The normalized spacial score (nSPS) is 25.7. The number of carbonyl (C=O) groups is 1. The van der Waals surface area contributed by atoms with Crippen LogP contribution in [0.1, 0.15) is 110 Å². The van der Waals surface area contributed by atoms with Crippen molar-refractivity contribution in [3.05, 3.63) is 0 Å². The van der Waals surface area contributed by atoms with Gasteiger partial charge in [0.2, 0.25) is 0 Å². The van der Waals surface area contributed by atoms with Crippen molar-refractivity contribution in [3.8, 4) is 0 Å². The maximum absolute atomic E-state index is 11.9. The maximum Gasteiger partial charge on any atom is 0.305 e. The zero-order chi connectivity index (χ0) is 23.6. The number of esters is 1. The van der Waals surface area contributed by atoms with Gasteiger partial charge in [0.05, 0.1) is 0 Å². The predicted molar refractivity (Wildman–Crippen MR) is 124 cm³/mol. The van der Waals surface area contributed by atoms with E-state index in [1.165, 1.54) is 84.2 Å². The number of methoxy groups -OCH3 is 1. The average Bonchev–Trinajstić information content (AvgIpc) is 2.79. The van der Waals surface area contributed by atoms with E-state index in [1.807, 2.05) is 0 Å². The van der Waals surface area contributed by atoms with E-state index in [4.69, 9.17) is 14.2 Å². The van der Waals surface area contributed by atoms with Crippen LogP contribution in [0.2, 0.25) is 0 Å². The van der Waals surface area contributed by atoms with Crippen LogP contribution >= 0.6 is 0 Å². The van der Waals surface area contributed by atoms with Crippen LogP contribution in [0.5, 0.6) is 0 Å². The fraction of sp³-hybridized carbons (Fsp3) is 0.960. The standard InChI is InChI=1S/C25H48O7/c1-3-4-5-6-7-8-9-10-11-12-13-14-15-16-17-18-21(26)31-19-20-22(27)23(28)24(29)25(30-2)32-20/h20,22-25,27-29H,3-19H2,1-2H3/t20?,22-,23?,24?,25+/m1/s1. The van der Waals surface area contributed by atoms with Crippen LogP contribution in [-0.4, -0.2) is 65.7 Å². The van der Waals surface area contributed by atoms with Gasteiger partial charge in [-0.05, 0) is 6.42 Å². The number of rotatable bonds is 19. The lowest BCUT2D eigenvalue weighted by Crippen LogP contribution is -2.59. The van der Waals surface area contributed by atoms with E-state index in [2.05, 4.69) is 6.92 Å². The molecule has 0 radical (unpaired) electrons. The van der Waals surface area contributed by atoms with Crippen LogP contribution in [0, 0.1) is 0 Å². The molecule has 0 aromatic carbocycles. The van der Waals surface area contributed by atoms with Crippen molar-refractivity contribution in [2.24, 2.45) is 0 Å². The summed E-state index contributed by atoms with van der Waals surface area (Å²) in [4.78, 5) is 11.9. The smallest absolute Gasteiger partial charge is 0.305 e. The molecule has 1 aliphatic rings. The molecule has 32 heavy (non-hydrogen) atoms. The molecule has 1 heterocycles. The Hall–Kier alpha value is -0.730. The van der Waals surface area contributed by atoms with E-state index >= 15 is 0 Å². The lowest BCUT2D eigenvalue weighted by molar-refractivity contribution is -0.295. The third-order valence-corrected chi connectivity index (χ3v) is 6.29. The zero-order valence-corrected chi connectivity index (χ0v) is 20.4. The average molecular weight is 461 g/mol. The Morgan fingerprint density at radius 3 is 1.66 bits per heavy atom. The zero-order valence-electron chi connectivity index (χ0n) is 20.4. The van der Waals surface area contributed by atoms with Crippen molar-refractivity contribution in [2.75, 3.05) is 13.7 Å². The first-order chi connectivity index (χ1) is 15.5. The fourth-order valence-electron chi connectivity index (χ4n) is 4.14. The third kappa shape index (κ3) is 12.5. The Balaban J connectivity index is 1.92. The molecular formula is C25H48O7. The molecule has 7 nitrogen and oxygen atoms in total. The number of ether oxygens (including phenoxy) is 3. The lowest BCUT2D eigenvalue weighted by atomic mass is 9.99. The molecule has 3 unspecified atom stereocenters. The highest BCUT2D eigenvalue weighted by Crippen LogP contribution is 2.22. The van der Waals surface area contributed by atoms with E-state index < -0.39 is 30.7 Å². The van der Waals surface area contributed by atoms with Gasteiger partial charge in [-0.15, -0.1) is 0 Å². The highest BCUT2D eigenvalue weighted by molar-refractivity contribution is 5.69. The van der Waals surface area contributed by atoms with Crippen LogP contribution in [0.15, 0.2) is 0 Å². The van der Waals surface area contributed by atoms with E-state index in [0.29, 0.717) is 6.42 Å². The molecule has 0 spiro atoms. The number of hydrogen-bond acceptors (Lipinski definition) is 7. The summed E-state index contributed by atoms with van der Waals surface area (Å²) in [5, 5.41) is 29.5. The van der Waals surface area contributed by atoms with Gasteiger partial charge >= 0.3 is 5.97 Å². The molecule has 1 rings (SSSR count). The van der Waals surface area contributed by atoms with E-state index in [9.17, 15) is 20.1 Å². The van der Waals surface area contributed by atoms with Crippen LogP contribution in [-0.2, 0) is 19.0 Å². The van der Waals surface area contributed by atoms with Crippen LogP contribution < -0.4 is 0 Å². The maximum atomic E-state index is 11.9. The van der Waals surface area contributed by atoms with Crippen molar-refractivity contribution in [2.45, 2.75) is 140 Å². The van der Waals surface area contributed by atoms with Crippen molar-refractivity contribution >= 4 is 5.97 Å². The minimum Gasteiger partial charge on any atom is -0.463 e. The number of hydrogen-bond donors (Lipinski definition) is 3. The Kier molecular flexibility index (Phi) is 17.1. The summed E-state index contributed by atoms with van der Waals surface area (Å²) in [6, 6.07) is 0. The molecule has 1 aliphatic heterocycles. The fourth-order valence-corrected chi connectivity index (χ4v) is 4.14. The molecule has 190 valence electrons. The summed E-state index contributed by atoms with van der Waals surface area (Å²) in [6.45, 7) is 2.08. The number of aliphatic hydroxyl groups is 3. The van der Waals surface area contributed by atoms with Gasteiger partial charge < -0.3 is 29.5 Å². The SMILES string of the molecule is CCCCCCCCCCCCCCCCCC(=O)OCC1O[C@H](OC)C(O)C(O)[C@@H]1O. The van der Waals surface area contributed by atoms with Crippen LogP contribution in [0.3, 0.4) is 0 Å². The van der Waals surface area contributed by atoms with Crippen molar-refractivity contribution in [1.29, 1.82) is 0 Å². The Morgan fingerprint density at radius 2 is 1.19 bits per heavy atom. The quantitative estimate of drug-likeness (QED) is 0.195. The number of unbranched alkanes of at least 4 members (excludes halogenated alkanes) is 14. The first-order valence-electron chi connectivity index (χ1n) is 12.9. The van der Waals surface area contributed by atoms with Gasteiger partial charge in [-0.2, -0.15) is 0 Å².